The summed E-state index contributed by atoms with van der Waals surface area (Å²) >= 11 is 0. The lowest BCUT2D eigenvalue weighted by Gasteiger charge is -2.32. The van der Waals surface area contributed by atoms with Crippen LogP contribution in [0.25, 0.3) is 0 Å². The Balaban J connectivity index is 2.21. The van der Waals surface area contributed by atoms with Gasteiger partial charge in [-0.15, -0.1) is 0 Å². The minimum Gasteiger partial charge on any atom is -0.314 e. The van der Waals surface area contributed by atoms with E-state index in [9.17, 15) is 4.21 Å². The molecule has 4 unspecified atom stereocenters. The first-order valence-electron chi connectivity index (χ1n) is 7.06. The highest BCUT2D eigenvalue weighted by molar-refractivity contribution is 7.84. The van der Waals surface area contributed by atoms with Crippen molar-refractivity contribution in [3.63, 3.8) is 0 Å². The lowest BCUT2D eigenvalue weighted by Crippen LogP contribution is -2.37. The van der Waals surface area contributed by atoms with Crippen molar-refractivity contribution in [2.45, 2.75) is 64.2 Å². The molecule has 1 fully saturated rings. The van der Waals surface area contributed by atoms with Crippen LogP contribution in [0.4, 0.5) is 0 Å². The van der Waals surface area contributed by atoms with Crippen molar-refractivity contribution in [2.75, 3.05) is 12.8 Å². The fraction of sp³-hybridized carbons (Fsp3) is 1.00. The molecule has 0 bridgehead atoms. The Morgan fingerprint density at radius 2 is 2.00 bits per heavy atom. The van der Waals surface area contributed by atoms with Gasteiger partial charge in [0.15, 0.2) is 0 Å². The van der Waals surface area contributed by atoms with E-state index in [1.165, 1.54) is 25.7 Å². The van der Waals surface area contributed by atoms with Gasteiger partial charge in [0.25, 0.3) is 0 Å². The van der Waals surface area contributed by atoms with Gasteiger partial charge in [-0.3, -0.25) is 4.21 Å². The molecule has 0 heterocycles. The average Bonchev–Trinajstić information content (AvgIpc) is 2.29. The van der Waals surface area contributed by atoms with E-state index in [1.54, 1.807) is 6.26 Å². The SMILES string of the molecule is CC(C)C1CCCC(NCCC(C)S(C)=O)C1. The van der Waals surface area contributed by atoms with E-state index in [4.69, 9.17) is 0 Å². The number of rotatable bonds is 6. The Kier molecular flexibility index (Phi) is 6.71. The van der Waals surface area contributed by atoms with Gasteiger partial charge in [-0.25, -0.2) is 0 Å². The van der Waals surface area contributed by atoms with Crippen molar-refractivity contribution in [1.29, 1.82) is 0 Å². The molecular weight excluding hydrogens is 230 g/mol. The predicted octanol–water partition coefficient (Wildman–Crippen LogP) is 2.95. The maximum Gasteiger partial charge on any atom is 0.0329 e. The molecule has 4 atom stereocenters. The summed E-state index contributed by atoms with van der Waals surface area (Å²) in [4.78, 5) is 0. The molecule has 1 saturated carbocycles. The third-order valence-electron chi connectivity index (χ3n) is 4.21. The normalized spacial score (nSPS) is 29.2. The Morgan fingerprint density at radius 3 is 2.59 bits per heavy atom. The summed E-state index contributed by atoms with van der Waals surface area (Å²) < 4.78 is 11.3. The molecule has 1 rings (SSSR count). The van der Waals surface area contributed by atoms with Gasteiger partial charge in [0, 0.05) is 28.3 Å². The van der Waals surface area contributed by atoms with E-state index in [1.807, 2.05) is 0 Å². The van der Waals surface area contributed by atoms with Crippen LogP contribution in [0.2, 0.25) is 0 Å². The fourth-order valence-electron chi connectivity index (χ4n) is 2.68. The molecule has 1 aliphatic carbocycles. The zero-order valence-electron chi connectivity index (χ0n) is 11.9. The molecule has 0 aromatic heterocycles. The monoisotopic (exact) mass is 259 g/mol. The van der Waals surface area contributed by atoms with Gasteiger partial charge in [0.1, 0.15) is 0 Å². The van der Waals surface area contributed by atoms with Crippen molar-refractivity contribution < 1.29 is 4.21 Å². The third kappa shape index (κ3) is 5.52. The molecule has 0 radical (unpaired) electrons. The average molecular weight is 259 g/mol. The second-order valence-electron chi connectivity index (χ2n) is 5.92. The third-order valence-corrected chi connectivity index (χ3v) is 5.58. The van der Waals surface area contributed by atoms with Crippen molar-refractivity contribution in [2.24, 2.45) is 11.8 Å². The largest absolute Gasteiger partial charge is 0.314 e. The summed E-state index contributed by atoms with van der Waals surface area (Å²) in [7, 11) is -0.671. The second-order valence-corrected chi connectivity index (χ2v) is 7.72. The number of hydrogen-bond acceptors (Lipinski definition) is 2. The summed E-state index contributed by atoms with van der Waals surface area (Å²) in [5.41, 5.74) is 0. The summed E-state index contributed by atoms with van der Waals surface area (Å²) in [5.74, 6) is 1.72. The van der Waals surface area contributed by atoms with E-state index < -0.39 is 10.8 Å². The fourth-order valence-corrected chi connectivity index (χ4v) is 3.12. The zero-order valence-corrected chi connectivity index (χ0v) is 12.7. The minimum atomic E-state index is -0.671. The van der Waals surface area contributed by atoms with E-state index >= 15 is 0 Å². The lowest BCUT2D eigenvalue weighted by molar-refractivity contribution is 0.231. The predicted molar refractivity (Wildman–Crippen MR) is 76.7 cm³/mol. The van der Waals surface area contributed by atoms with Crippen LogP contribution >= 0.6 is 0 Å². The molecule has 1 aliphatic rings. The quantitative estimate of drug-likeness (QED) is 0.794. The Bertz CT molecular complexity index is 242. The van der Waals surface area contributed by atoms with E-state index in [0.29, 0.717) is 11.3 Å². The first-order valence-corrected chi connectivity index (χ1v) is 8.68. The highest BCUT2D eigenvalue weighted by atomic mass is 32.2. The van der Waals surface area contributed by atoms with Crippen LogP contribution in [0.5, 0.6) is 0 Å². The van der Waals surface area contributed by atoms with E-state index in [2.05, 4.69) is 26.1 Å². The lowest BCUT2D eigenvalue weighted by atomic mass is 9.79. The minimum absolute atomic E-state index is 0.326. The maximum atomic E-state index is 11.3. The van der Waals surface area contributed by atoms with Crippen LogP contribution in [-0.2, 0) is 10.8 Å². The summed E-state index contributed by atoms with van der Waals surface area (Å²) in [6.07, 6.45) is 8.28. The van der Waals surface area contributed by atoms with Crippen LogP contribution in [0, 0.1) is 11.8 Å². The van der Waals surface area contributed by atoms with Crippen LogP contribution < -0.4 is 5.32 Å². The molecule has 2 nitrogen and oxygen atoms in total. The standard InChI is InChI=1S/C14H29NOS/c1-11(2)13-6-5-7-14(10-13)15-9-8-12(3)17(4)16/h11-15H,5-10H2,1-4H3. The Labute approximate surface area is 109 Å². The molecule has 102 valence electrons. The highest BCUT2D eigenvalue weighted by Gasteiger charge is 2.23. The van der Waals surface area contributed by atoms with Crippen LogP contribution in [0.1, 0.15) is 52.9 Å². The highest BCUT2D eigenvalue weighted by Crippen LogP contribution is 2.29. The first kappa shape index (κ1) is 15.2. The van der Waals surface area contributed by atoms with Gasteiger partial charge in [-0.05, 0) is 37.6 Å². The van der Waals surface area contributed by atoms with Gasteiger partial charge in [-0.1, -0.05) is 33.6 Å². The van der Waals surface area contributed by atoms with Gasteiger partial charge >= 0.3 is 0 Å². The molecule has 0 spiro atoms. The van der Waals surface area contributed by atoms with Crippen LogP contribution in [-0.4, -0.2) is 28.3 Å². The maximum absolute atomic E-state index is 11.3. The summed E-state index contributed by atoms with van der Waals surface area (Å²) in [5, 5.41) is 3.98. The topological polar surface area (TPSA) is 29.1 Å². The Morgan fingerprint density at radius 1 is 1.29 bits per heavy atom. The molecular formula is C14H29NOS. The molecule has 1 N–H and O–H groups in total. The molecule has 0 saturated heterocycles. The number of nitrogens with one attached hydrogen (secondary N) is 1. The van der Waals surface area contributed by atoms with Crippen molar-refractivity contribution >= 4 is 10.8 Å². The molecule has 17 heavy (non-hydrogen) atoms. The number of hydrogen-bond donors (Lipinski definition) is 1. The molecule has 0 aromatic rings. The summed E-state index contributed by atoms with van der Waals surface area (Å²) in [6, 6.07) is 0.702. The van der Waals surface area contributed by atoms with Crippen LogP contribution in [0.15, 0.2) is 0 Å². The van der Waals surface area contributed by atoms with Crippen LogP contribution in [0.3, 0.4) is 0 Å². The van der Waals surface area contributed by atoms with Gasteiger partial charge < -0.3 is 5.32 Å². The Hall–Kier alpha value is 0.110. The van der Waals surface area contributed by atoms with Gasteiger partial charge in [0.2, 0.25) is 0 Å². The molecule has 0 amide bonds. The molecule has 0 aliphatic heterocycles. The van der Waals surface area contributed by atoms with Crippen molar-refractivity contribution in [3.05, 3.63) is 0 Å². The van der Waals surface area contributed by atoms with E-state index in [0.717, 1.165) is 24.8 Å². The first-order chi connectivity index (χ1) is 8.00. The van der Waals surface area contributed by atoms with E-state index in [-0.39, 0.29) is 0 Å². The molecule has 3 heteroatoms. The van der Waals surface area contributed by atoms with Crippen molar-refractivity contribution in [1.82, 2.24) is 5.32 Å². The zero-order chi connectivity index (χ0) is 12.8. The van der Waals surface area contributed by atoms with Gasteiger partial charge in [-0.2, -0.15) is 0 Å². The molecule has 0 aromatic carbocycles. The second kappa shape index (κ2) is 7.52. The summed E-state index contributed by atoms with van der Waals surface area (Å²) in [6.45, 7) is 7.79. The smallest absolute Gasteiger partial charge is 0.0329 e. The van der Waals surface area contributed by atoms with Gasteiger partial charge in [0.05, 0.1) is 0 Å². The van der Waals surface area contributed by atoms with Crippen molar-refractivity contribution in [3.8, 4) is 0 Å².